The van der Waals surface area contributed by atoms with Crippen molar-refractivity contribution in [2.75, 3.05) is 5.32 Å². The van der Waals surface area contributed by atoms with Crippen LogP contribution in [0.15, 0.2) is 18.3 Å². The first-order valence-electron chi connectivity index (χ1n) is 4.25. The van der Waals surface area contributed by atoms with Gasteiger partial charge < -0.3 is 5.32 Å². The molecule has 1 aromatic rings. The SMILES string of the molecule is Cc1ccnc(NC(=O)[C@H](F)C(F)(F)F)c1. The summed E-state index contributed by atoms with van der Waals surface area (Å²) < 4.78 is 48.0. The highest BCUT2D eigenvalue weighted by atomic mass is 19.4. The van der Waals surface area contributed by atoms with Gasteiger partial charge in [-0.25, -0.2) is 9.37 Å². The van der Waals surface area contributed by atoms with Gasteiger partial charge in [-0.1, -0.05) is 0 Å². The molecule has 1 aromatic heterocycles. The van der Waals surface area contributed by atoms with E-state index in [1.165, 1.54) is 12.3 Å². The summed E-state index contributed by atoms with van der Waals surface area (Å²) in [6, 6.07) is 2.92. The quantitative estimate of drug-likeness (QED) is 0.800. The lowest BCUT2D eigenvalue weighted by Gasteiger charge is -2.11. The second-order valence-corrected chi connectivity index (χ2v) is 3.11. The lowest BCUT2D eigenvalue weighted by molar-refractivity contribution is -0.183. The Morgan fingerprint density at radius 1 is 1.50 bits per heavy atom. The summed E-state index contributed by atoms with van der Waals surface area (Å²) in [5.41, 5.74) is 0.688. The number of nitrogens with zero attached hydrogens (tertiary/aromatic N) is 1. The maximum Gasteiger partial charge on any atom is 0.428 e. The van der Waals surface area contributed by atoms with Gasteiger partial charge in [-0.05, 0) is 24.6 Å². The number of hydrogen-bond donors (Lipinski definition) is 1. The molecule has 0 fully saturated rings. The largest absolute Gasteiger partial charge is 0.428 e. The fourth-order valence-corrected chi connectivity index (χ4v) is 0.943. The normalized spacial score (nSPS) is 13.3. The van der Waals surface area contributed by atoms with Crippen LogP contribution < -0.4 is 5.32 Å². The van der Waals surface area contributed by atoms with Crippen LogP contribution in [0.25, 0.3) is 0 Å². The Labute approximate surface area is 88.5 Å². The molecule has 0 aliphatic rings. The highest BCUT2D eigenvalue weighted by Crippen LogP contribution is 2.23. The molecular weight excluding hydrogens is 228 g/mol. The van der Waals surface area contributed by atoms with Crippen LogP contribution in [0.4, 0.5) is 23.4 Å². The first-order valence-corrected chi connectivity index (χ1v) is 4.25. The van der Waals surface area contributed by atoms with Crippen molar-refractivity contribution in [3.63, 3.8) is 0 Å². The fourth-order valence-electron chi connectivity index (χ4n) is 0.943. The molecular formula is C9H8F4N2O. The second kappa shape index (κ2) is 4.46. The minimum Gasteiger partial charge on any atom is -0.308 e. The third-order valence-corrected chi connectivity index (χ3v) is 1.68. The van der Waals surface area contributed by atoms with E-state index in [2.05, 4.69) is 4.98 Å². The van der Waals surface area contributed by atoms with Crippen LogP contribution in [-0.4, -0.2) is 23.2 Å². The van der Waals surface area contributed by atoms with Crippen molar-refractivity contribution in [3.05, 3.63) is 23.9 Å². The van der Waals surface area contributed by atoms with Crippen LogP contribution >= 0.6 is 0 Å². The lowest BCUT2D eigenvalue weighted by atomic mass is 10.3. The third-order valence-electron chi connectivity index (χ3n) is 1.68. The molecule has 0 aliphatic carbocycles. The zero-order valence-electron chi connectivity index (χ0n) is 8.18. The number of carbonyl (C=O) groups is 1. The molecule has 1 atom stereocenters. The Hall–Kier alpha value is -1.66. The van der Waals surface area contributed by atoms with Crippen LogP contribution in [0.3, 0.4) is 0 Å². The Morgan fingerprint density at radius 3 is 2.62 bits per heavy atom. The highest BCUT2D eigenvalue weighted by molar-refractivity contribution is 5.93. The number of aromatic nitrogens is 1. The molecule has 88 valence electrons. The van der Waals surface area contributed by atoms with Gasteiger partial charge >= 0.3 is 6.18 Å². The molecule has 0 spiro atoms. The third kappa shape index (κ3) is 3.18. The summed E-state index contributed by atoms with van der Waals surface area (Å²) in [5, 5.41) is 1.74. The zero-order chi connectivity index (χ0) is 12.3. The van der Waals surface area contributed by atoms with E-state index in [4.69, 9.17) is 0 Å². The summed E-state index contributed by atoms with van der Waals surface area (Å²) >= 11 is 0. The van der Waals surface area contributed by atoms with Gasteiger partial charge in [0.05, 0.1) is 0 Å². The standard InChI is InChI=1S/C9H8F4N2O/c1-5-2-3-14-6(4-5)15-8(16)7(10)9(11,12)13/h2-4,7H,1H3,(H,14,15,16)/t7-/m0/s1. The van der Waals surface area contributed by atoms with E-state index in [0.717, 1.165) is 0 Å². The monoisotopic (exact) mass is 236 g/mol. The van der Waals surface area contributed by atoms with Crippen molar-refractivity contribution in [2.24, 2.45) is 0 Å². The summed E-state index contributed by atoms with van der Waals surface area (Å²) in [6.45, 7) is 1.66. The summed E-state index contributed by atoms with van der Waals surface area (Å²) in [5.74, 6) is -1.89. The van der Waals surface area contributed by atoms with Crippen LogP contribution in [-0.2, 0) is 4.79 Å². The zero-order valence-corrected chi connectivity index (χ0v) is 8.18. The molecule has 16 heavy (non-hydrogen) atoms. The molecule has 3 nitrogen and oxygen atoms in total. The van der Waals surface area contributed by atoms with Gasteiger partial charge in [0.2, 0.25) is 0 Å². The van der Waals surface area contributed by atoms with Crippen LogP contribution in [0.1, 0.15) is 5.56 Å². The molecule has 0 aliphatic heterocycles. The van der Waals surface area contributed by atoms with Gasteiger partial charge in [0, 0.05) is 6.20 Å². The Kier molecular flexibility index (Phi) is 3.46. The van der Waals surface area contributed by atoms with Gasteiger partial charge in [0.15, 0.2) is 0 Å². The number of amides is 1. The molecule has 7 heteroatoms. The Morgan fingerprint density at radius 2 is 2.12 bits per heavy atom. The maximum absolute atomic E-state index is 12.5. The van der Waals surface area contributed by atoms with E-state index in [1.807, 2.05) is 0 Å². The highest BCUT2D eigenvalue weighted by Gasteiger charge is 2.45. The molecule has 1 heterocycles. The van der Waals surface area contributed by atoms with Gasteiger partial charge in [0.25, 0.3) is 12.1 Å². The number of halogens is 4. The average Bonchev–Trinajstić information content (AvgIpc) is 2.15. The molecule has 1 rings (SSSR count). The van der Waals surface area contributed by atoms with E-state index < -0.39 is 18.3 Å². The minimum absolute atomic E-state index is 0.114. The van der Waals surface area contributed by atoms with E-state index in [-0.39, 0.29) is 5.82 Å². The van der Waals surface area contributed by atoms with Crippen LogP contribution in [0.5, 0.6) is 0 Å². The summed E-state index contributed by atoms with van der Waals surface area (Å²) in [7, 11) is 0. The van der Waals surface area contributed by atoms with Crippen molar-refractivity contribution in [2.45, 2.75) is 19.3 Å². The average molecular weight is 236 g/mol. The van der Waals surface area contributed by atoms with E-state index in [1.54, 1.807) is 18.3 Å². The number of pyridine rings is 1. The van der Waals surface area contributed by atoms with Crippen molar-refractivity contribution in [1.29, 1.82) is 0 Å². The fraction of sp³-hybridized carbons (Fsp3) is 0.333. The van der Waals surface area contributed by atoms with E-state index in [0.29, 0.717) is 5.56 Å². The van der Waals surface area contributed by atoms with Crippen molar-refractivity contribution in [3.8, 4) is 0 Å². The van der Waals surface area contributed by atoms with E-state index >= 15 is 0 Å². The second-order valence-electron chi connectivity index (χ2n) is 3.11. The first-order chi connectivity index (χ1) is 7.30. The maximum atomic E-state index is 12.5. The molecule has 0 saturated heterocycles. The minimum atomic E-state index is -5.20. The van der Waals surface area contributed by atoms with Crippen LogP contribution in [0, 0.1) is 6.92 Å². The van der Waals surface area contributed by atoms with E-state index in [9.17, 15) is 22.4 Å². The van der Waals surface area contributed by atoms with Gasteiger partial charge in [-0.2, -0.15) is 13.2 Å². The Bertz CT molecular complexity index is 391. The number of hydrogen-bond acceptors (Lipinski definition) is 2. The molecule has 0 saturated carbocycles. The topological polar surface area (TPSA) is 42.0 Å². The van der Waals surface area contributed by atoms with Gasteiger partial charge in [0.1, 0.15) is 5.82 Å². The van der Waals surface area contributed by atoms with Crippen molar-refractivity contribution in [1.82, 2.24) is 4.98 Å². The number of alkyl halides is 4. The number of anilines is 1. The molecule has 0 aromatic carbocycles. The number of rotatable bonds is 2. The molecule has 1 amide bonds. The summed E-state index contributed by atoms with van der Waals surface area (Å²) in [4.78, 5) is 14.4. The molecule has 0 unspecified atom stereocenters. The van der Waals surface area contributed by atoms with Crippen molar-refractivity contribution >= 4 is 11.7 Å². The predicted octanol–water partition coefficient (Wildman–Crippen LogP) is 2.23. The lowest BCUT2D eigenvalue weighted by Crippen LogP contribution is -2.37. The molecule has 0 radical (unpaired) electrons. The first kappa shape index (κ1) is 12.4. The predicted molar refractivity (Wildman–Crippen MR) is 48.6 cm³/mol. The molecule has 1 N–H and O–H groups in total. The van der Waals surface area contributed by atoms with Gasteiger partial charge in [-0.3, -0.25) is 4.79 Å². The van der Waals surface area contributed by atoms with Crippen molar-refractivity contribution < 1.29 is 22.4 Å². The van der Waals surface area contributed by atoms with Crippen LogP contribution in [0.2, 0.25) is 0 Å². The number of carbonyl (C=O) groups excluding carboxylic acids is 1. The van der Waals surface area contributed by atoms with Gasteiger partial charge in [-0.15, -0.1) is 0 Å². The number of aryl methyl sites for hydroxylation is 1. The molecule has 0 bridgehead atoms. The Balaban J connectivity index is 2.72. The summed E-state index contributed by atoms with van der Waals surface area (Å²) in [6.07, 6.45) is -7.45. The smallest absolute Gasteiger partial charge is 0.308 e. The number of nitrogens with one attached hydrogen (secondary N) is 1.